The molecule has 0 aromatic carbocycles. The summed E-state index contributed by atoms with van der Waals surface area (Å²) in [6.07, 6.45) is -0.760. The molecule has 2 aliphatic heterocycles. The summed E-state index contributed by atoms with van der Waals surface area (Å²) in [7, 11) is 1.16. The van der Waals surface area contributed by atoms with Crippen LogP contribution in [-0.2, 0) is 19.1 Å². The standard InChI is InChI=1S/C16H24F2N2O5/c1-15(2,3)25-14(23)19-8-7-11(16(17,18)9-19)20-10(13(22)24-4)5-6-12(20)21/h10-11H,5-9H2,1-4H3. The summed E-state index contributed by atoms with van der Waals surface area (Å²) in [6.45, 7) is 4.12. The maximum atomic E-state index is 14.7. The van der Waals surface area contributed by atoms with Crippen molar-refractivity contribution in [1.82, 2.24) is 9.80 Å². The number of hydrogen-bond donors (Lipinski definition) is 0. The van der Waals surface area contributed by atoms with Gasteiger partial charge in [-0.15, -0.1) is 0 Å². The van der Waals surface area contributed by atoms with Crippen molar-refractivity contribution in [2.24, 2.45) is 0 Å². The Balaban J connectivity index is 2.13. The van der Waals surface area contributed by atoms with Crippen molar-refractivity contribution in [1.29, 1.82) is 0 Å². The highest BCUT2D eigenvalue weighted by Crippen LogP contribution is 2.36. The van der Waals surface area contributed by atoms with E-state index in [-0.39, 0.29) is 25.8 Å². The van der Waals surface area contributed by atoms with Crippen molar-refractivity contribution in [2.45, 2.75) is 63.6 Å². The summed E-state index contributed by atoms with van der Waals surface area (Å²) in [5.74, 6) is -4.54. The maximum Gasteiger partial charge on any atom is 0.410 e. The van der Waals surface area contributed by atoms with Crippen LogP contribution in [0, 0.1) is 0 Å². The molecule has 25 heavy (non-hydrogen) atoms. The highest BCUT2D eigenvalue weighted by atomic mass is 19.3. The van der Waals surface area contributed by atoms with Gasteiger partial charge in [-0.05, 0) is 33.6 Å². The lowest BCUT2D eigenvalue weighted by molar-refractivity contribution is -0.166. The third-order valence-electron chi connectivity index (χ3n) is 4.28. The maximum absolute atomic E-state index is 14.7. The normalized spacial score (nSPS) is 26.6. The number of carbonyl (C=O) groups is 3. The number of likely N-dealkylation sites (tertiary alicyclic amines) is 2. The zero-order chi connectivity index (χ0) is 19.0. The molecular formula is C16H24F2N2O5. The number of amides is 2. The van der Waals surface area contributed by atoms with E-state index in [2.05, 4.69) is 4.74 Å². The number of esters is 1. The van der Waals surface area contributed by atoms with Crippen LogP contribution in [0.5, 0.6) is 0 Å². The Morgan fingerprint density at radius 3 is 2.40 bits per heavy atom. The minimum Gasteiger partial charge on any atom is -0.467 e. The average molecular weight is 362 g/mol. The van der Waals surface area contributed by atoms with E-state index in [1.54, 1.807) is 20.8 Å². The Morgan fingerprint density at radius 1 is 1.24 bits per heavy atom. The molecule has 0 aromatic heterocycles. The lowest BCUT2D eigenvalue weighted by Gasteiger charge is -2.43. The summed E-state index contributed by atoms with van der Waals surface area (Å²) in [5.41, 5.74) is -0.788. The highest BCUT2D eigenvalue weighted by Gasteiger charge is 2.54. The first-order valence-corrected chi connectivity index (χ1v) is 8.21. The second-order valence-electron chi connectivity index (χ2n) is 7.35. The van der Waals surface area contributed by atoms with Crippen LogP contribution < -0.4 is 0 Å². The predicted octanol–water partition coefficient (Wildman–Crippen LogP) is 1.80. The van der Waals surface area contributed by atoms with E-state index in [4.69, 9.17) is 4.74 Å². The Bertz CT molecular complexity index is 561. The van der Waals surface area contributed by atoms with E-state index in [0.29, 0.717) is 0 Å². The molecule has 9 heteroatoms. The van der Waals surface area contributed by atoms with E-state index >= 15 is 0 Å². The van der Waals surface area contributed by atoms with Crippen LogP contribution in [-0.4, -0.2) is 71.6 Å². The molecule has 2 amide bonds. The topological polar surface area (TPSA) is 76.2 Å². The van der Waals surface area contributed by atoms with Gasteiger partial charge in [0.15, 0.2) is 0 Å². The van der Waals surface area contributed by atoms with Gasteiger partial charge in [-0.3, -0.25) is 4.79 Å². The summed E-state index contributed by atoms with van der Waals surface area (Å²) >= 11 is 0. The first kappa shape index (κ1) is 19.4. The average Bonchev–Trinajstić information content (AvgIpc) is 2.85. The first-order valence-electron chi connectivity index (χ1n) is 8.21. The van der Waals surface area contributed by atoms with Gasteiger partial charge in [0.1, 0.15) is 11.6 Å². The van der Waals surface area contributed by atoms with E-state index in [1.165, 1.54) is 0 Å². The van der Waals surface area contributed by atoms with Crippen LogP contribution in [0.15, 0.2) is 0 Å². The van der Waals surface area contributed by atoms with Crippen LogP contribution >= 0.6 is 0 Å². The van der Waals surface area contributed by atoms with E-state index in [1.807, 2.05) is 0 Å². The molecule has 0 spiro atoms. The Hall–Kier alpha value is -1.93. The van der Waals surface area contributed by atoms with Crippen molar-refractivity contribution in [3.63, 3.8) is 0 Å². The van der Waals surface area contributed by atoms with Crippen molar-refractivity contribution in [3.8, 4) is 0 Å². The van der Waals surface area contributed by atoms with Crippen LogP contribution in [0.1, 0.15) is 40.0 Å². The summed E-state index contributed by atoms with van der Waals surface area (Å²) in [6, 6.07) is -2.44. The number of nitrogens with zero attached hydrogens (tertiary/aromatic N) is 2. The number of alkyl halides is 2. The van der Waals surface area contributed by atoms with Gasteiger partial charge in [0, 0.05) is 13.0 Å². The lowest BCUT2D eigenvalue weighted by Crippen LogP contribution is -2.62. The van der Waals surface area contributed by atoms with Gasteiger partial charge in [0.25, 0.3) is 5.92 Å². The van der Waals surface area contributed by atoms with Crippen molar-refractivity contribution >= 4 is 18.0 Å². The molecule has 0 aliphatic carbocycles. The molecule has 7 nitrogen and oxygen atoms in total. The highest BCUT2D eigenvalue weighted by molar-refractivity contribution is 5.88. The fourth-order valence-corrected chi connectivity index (χ4v) is 3.21. The summed E-state index contributed by atoms with van der Waals surface area (Å²) in [4.78, 5) is 37.8. The second kappa shape index (κ2) is 6.76. The molecule has 2 fully saturated rings. The molecule has 2 aliphatic rings. The third-order valence-corrected chi connectivity index (χ3v) is 4.28. The fourth-order valence-electron chi connectivity index (χ4n) is 3.21. The number of halogens is 2. The number of hydrogen-bond acceptors (Lipinski definition) is 5. The van der Waals surface area contributed by atoms with Gasteiger partial charge in [-0.25, -0.2) is 18.4 Å². The van der Waals surface area contributed by atoms with Gasteiger partial charge in [0.05, 0.1) is 19.7 Å². The monoisotopic (exact) mass is 362 g/mol. The molecule has 0 radical (unpaired) electrons. The number of piperidine rings is 1. The molecule has 0 saturated carbocycles. The van der Waals surface area contributed by atoms with Gasteiger partial charge in [-0.1, -0.05) is 0 Å². The first-order chi connectivity index (χ1) is 11.5. The number of carbonyl (C=O) groups excluding carboxylic acids is 3. The zero-order valence-corrected chi connectivity index (χ0v) is 14.9. The smallest absolute Gasteiger partial charge is 0.410 e. The summed E-state index contributed by atoms with van der Waals surface area (Å²) in [5, 5.41) is 0. The van der Waals surface area contributed by atoms with Crippen LogP contribution in [0.3, 0.4) is 0 Å². The van der Waals surface area contributed by atoms with Gasteiger partial charge < -0.3 is 19.3 Å². The fraction of sp³-hybridized carbons (Fsp3) is 0.812. The predicted molar refractivity (Wildman–Crippen MR) is 83.0 cm³/mol. The molecule has 2 unspecified atom stereocenters. The molecule has 2 heterocycles. The van der Waals surface area contributed by atoms with E-state index < -0.39 is 48.1 Å². The second-order valence-corrected chi connectivity index (χ2v) is 7.35. The summed E-state index contributed by atoms with van der Waals surface area (Å²) < 4.78 is 39.1. The number of methoxy groups -OCH3 is 1. The molecule has 142 valence electrons. The van der Waals surface area contributed by atoms with Gasteiger partial charge in [-0.2, -0.15) is 0 Å². The van der Waals surface area contributed by atoms with Crippen molar-refractivity contribution in [2.75, 3.05) is 20.2 Å². The van der Waals surface area contributed by atoms with Crippen LogP contribution in [0.4, 0.5) is 13.6 Å². The molecule has 2 atom stereocenters. The van der Waals surface area contributed by atoms with Crippen molar-refractivity contribution in [3.05, 3.63) is 0 Å². The molecule has 0 aromatic rings. The van der Waals surface area contributed by atoms with Gasteiger partial charge >= 0.3 is 12.1 Å². The molecule has 0 bridgehead atoms. The molecule has 0 N–H and O–H groups in total. The minimum absolute atomic E-state index is 0.0207. The minimum atomic E-state index is -3.35. The van der Waals surface area contributed by atoms with Gasteiger partial charge in [0.2, 0.25) is 5.91 Å². The molecule has 2 saturated heterocycles. The molecular weight excluding hydrogens is 338 g/mol. The Morgan fingerprint density at radius 2 is 1.88 bits per heavy atom. The van der Waals surface area contributed by atoms with Crippen LogP contribution in [0.25, 0.3) is 0 Å². The SMILES string of the molecule is COC(=O)C1CCC(=O)N1C1CCN(C(=O)OC(C)(C)C)CC1(F)F. The Kier molecular flexibility index (Phi) is 5.24. The third kappa shape index (κ3) is 4.19. The lowest BCUT2D eigenvalue weighted by atomic mass is 9.98. The molecule has 2 rings (SSSR count). The van der Waals surface area contributed by atoms with Crippen LogP contribution in [0.2, 0.25) is 0 Å². The Labute approximate surface area is 145 Å². The number of rotatable bonds is 2. The van der Waals surface area contributed by atoms with E-state index in [0.717, 1.165) is 16.9 Å². The largest absolute Gasteiger partial charge is 0.467 e. The van der Waals surface area contributed by atoms with Crippen molar-refractivity contribution < 1.29 is 32.6 Å². The number of ether oxygens (including phenoxy) is 2. The quantitative estimate of drug-likeness (QED) is 0.700. The zero-order valence-electron chi connectivity index (χ0n) is 14.9. The van der Waals surface area contributed by atoms with E-state index in [9.17, 15) is 23.2 Å².